The molecule has 0 spiro atoms. The van der Waals surface area contributed by atoms with Gasteiger partial charge in [0.25, 0.3) is 0 Å². The minimum Gasteiger partial charge on any atom is -0.300 e. The summed E-state index contributed by atoms with van der Waals surface area (Å²) in [7, 11) is -3.65. The number of Topliss-reactive ketones (excluding diaryl/α,β-unsaturated/α-hetero) is 1. The highest BCUT2D eigenvalue weighted by Gasteiger charge is 2.30. The molecule has 0 amide bonds. The summed E-state index contributed by atoms with van der Waals surface area (Å²) in [6, 6.07) is 14.8. The fourth-order valence-electron chi connectivity index (χ4n) is 2.12. The molecule has 2 rings (SSSR count). The molecule has 3 nitrogen and oxygen atoms in total. The maximum Gasteiger partial charge on any atom is 0.185 e. The smallest absolute Gasteiger partial charge is 0.185 e. The number of hydrogen-bond donors (Lipinski definition) is 0. The Balaban J connectivity index is 2.49. The van der Waals surface area contributed by atoms with Crippen molar-refractivity contribution in [2.45, 2.75) is 23.5 Å². The van der Waals surface area contributed by atoms with Crippen LogP contribution in [-0.4, -0.2) is 14.2 Å². The Kier molecular flexibility index (Phi) is 4.80. The van der Waals surface area contributed by atoms with E-state index >= 15 is 0 Å². The van der Waals surface area contributed by atoms with Crippen molar-refractivity contribution in [1.29, 1.82) is 0 Å². The Labute approximate surface area is 129 Å². The third-order valence-corrected chi connectivity index (χ3v) is 5.53. The molecule has 0 saturated heterocycles. The molecule has 0 bridgehead atoms. The zero-order valence-electron chi connectivity index (χ0n) is 11.5. The molecular formula is C16H15ClO3S. The first-order chi connectivity index (χ1) is 9.91. The van der Waals surface area contributed by atoms with Crippen LogP contribution in [-0.2, 0) is 14.6 Å². The van der Waals surface area contributed by atoms with Gasteiger partial charge in [0, 0.05) is 11.4 Å². The van der Waals surface area contributed by atoms with Gasteiger partial charge in [-0.25, -0.2) is 8.42 Å². The Bertz CT molecular complexity index is 722. The average molecular weight is 323 g/mol. The third kappa shape index (κ3) is 3.71. The highest BCUT2D eigenvalue weighted by Crippen LogP contribution is 2.32. The number of sulfone groups is 1. The molecule has 110 valence electrons. The zero-order chi connectivity index (χ0) is 15.5. The van der Waals surface area contributed by atoms with Crippen molar-refractivity contribution >= 4 is 27.2 Å². The molecule has 0 aliphatic heterocycles. The fourth-order valence-corrected chi connectivity index (χ4v) is 4.06. The fraction of sp³-hybridized carbons (Fsp3) is 0.188. The van der Waals surface area contributed by atoms with E-state index in [1.807, 2.05) is 6.07 Å². The molecule has 5 heteroatoms. The molecule has 0 aromatic heterocycles. The standard InChI is InChI=1S/C16H15ClO3S/c1-12(18)11-16(13-5-3-2-4-6-13)21(19,20)15-9-7-14(17)8-10-15/h2-10,16H,11H2,1H3/t16-/m1/s1. The first-order valence-electron chi connectivity index (χ1n) is 6.45. The lowest BCUT2D eigenvalue weighted by atomic mass is 10.1. The van der Waals surface area contributed by atoms with Crippen molar-refractivity contribution in [3.8, 4) is 0 Å². The summed E-state index contributed by atoms with van der Waals surface area (Å²) in [4.78, 5) is 11.6. The molecule has 21 heavy (non-hydrogen) atoms. The largest absolute Gasteiger partial charge is 0.300 e. The summed E-state index contributed by atoms with van der Waals surface area (Å²) in [5.74, 6) is -0.165. The van der Waals surface area contributed by atoms with Gasteiger partial charge in [0.05, 0.1) is 10.1 Å². The second kappa shape index (κ2) is 6.41. The SMILES string of the molecule is CC(=O)C[C@H](c1ccccc1)S(=O)(=O)c1ccc(Cl)cc1. The summed E-state index contributed by atoms with van der Waals surface area (Å²) in [6.45, 7) is 1.40. The number of halogens is 1. The molecule has 0 saturated carbocycles. The average Bonchev–Trinajstić information content (AvgIpc) is 2.46. The lowest BCUT2D eigenvalue weighted by molar-refractivity contribution is -0.117. The number of ketones is 1. The van der Waals surface area contributed by atoms with Crippen LogP contribution in [0.25, 0.3) is 0 Å². The number of benzene rings is 2. The number of carbonyl (C=O) groups is 1. The molecule has 0 N–H and O–H groups in total. The Hall–Kier alpha value is -1.65. The van der Waals surface area contributed by atoms with Gasteiger partial charge in [-0.2, -0.15) is 0 Å². The predicted molar refractivity (Wildman–Crippen MR) is 83.1 cm³/mol. The van der Waals surface area contributed by atoms with Crippen molar-refractivity contribution in [2.24, 2.45) is 0 Å². The summed E-state index contributed by atoms with van der Waals surface area (Å²) in [6.07, 6.45) is -0.0467. The molecular weight excluding hydrogens is 308 g/mol. The Morgan fingerprint density at radius 3 is 2.14 bits per heavy atom. The Morgan fingerprint density at radius 2 is 1.62 bits per heavy atom. The first-order valence-corrected chi connectivity index (χ1v) is 8.37. The van der Waals surface area contributed by atoms with E-state index in [4.69, 9.17) is 11.6 Å². The summed E-state index contributed by atoms with van der Waals surface area (Å²) in [5.41, 5.74) is 0.614. The van der Waals surface area contributed by atoms with Crippen molar-refractivity contribution in [1.82, 2.24) is 0 Å². The summed E-state index contributed by atoms with van der Waals surface area (Å²) >= 11 is 5.79. The quantitative estimate of drug-likeness (QED) is 0.840. The minimum atomic E-state index is -3.65. The van der Waals surface area contributed by atoms with E-state index in [2.05, 4.69) is 0 Å². The van der Waals surface area contributed by atoms with Gasteiger partial charge in [0.1, 0.15) is 5.78 Å². The van der Waals surface area contributed by atoms with Gasteiger partial charge in [-0.1, -0.05) is 41.9 Å². The Morgan fingerprint density at radius 1 is 1.05 bits per heavy atom. The van der Waals surface area contributed by atoms with E-state index in [1.165, 1.54) is 31.2 Å². The number of rotatable bonds is 5. The molecule has 0 unspecified atom stereocenters. The van der Waals surface area contributed by atoms with E-state index in [0.717, 1.165) is 0 Å². The summed E-state index contributed by atoms with van der Waals surface area (Å²) in [5, 5.41) is -0.408. The van der Waals surface area contributed by atoms with Crippen molar-refractivity contribution in [2.75, 3.05) is 0 Å². The van der Waals surface area contributed by atoms with Crippen LogP contribution in [0, 0.1) is 0 Å². The normalized spacial score (nSPS) is 12.9. The van der Waals surface area contributed by atoms with Gasteiger partial charge in [-0.3, -0.25) is 4.79 Å². The van der Waals surface area contributed by atoms with Crippen molar-refractivity contribution in [3.63, 3.8) is 0 Å². The molecule has 1 atom stereocenters. The van der Waals surface area contributed by atoms with Crippen LogP contribution in [0.1, 0.15) is 24.2 Å². The maximum atomic E-state index is 12.8. The number of carbonyl (C=O) groups excluding carboxylic acids is 1. The second-order valence-corrected chi connectivity index (χ2v) is 7.37. The van der Waals surface area contributed by atoms with Gasteiger partial charge >= 0.3 is 0 Å². The third-order valence-electron chi connectivity index (χ3n) is 3.16. The molecule has 0 aliphatic carbocycles. The van der Waals surface area contributed by atoms with Crippen molar-refractivity contribution in [3.05, 3.63) is 65.2 Å². The molecule has 0 aliphatic rings. The lowest BCUT2D eigenvalue weighted by Crippen LogP contribution is -2.16. The lowest BCUT2D eigenvalue weighted by Gasteiger charge is -2.17. The molecule has 2 aromatic carbocycles. The van der Waals surface area contributed by atoms with E-state index in [0.29, 0.717) is 10.6 Å². The van der Waals surface area contributed by atoms with E-state index < -0.39 is 15.1 Å². The molecule has 0 heterocycles. The molecule has 2 aromatic rings. The van der Waals surface area contributed by atoms with Crippen LogP contribution in [0.2, 0.25) is 5.02 Å². The second-order valence-electron chi connectivity index (χ2n) is 4.80. The van der Waals surface area contributed by atoms with E-state index in [-0.39, 0.29) is 17.1 Å². The zero-order valence-corrected chi connectivity index (χ0v) is 13.1. The maximum absolute atomic E-state index is 12.8. The van der Waals surface area contributed by atoms with E-state index in [9.17, 15) is 13.2 Å². The van der Waals surface area contributed by atoms with Crippen LogP contribution in [0.3, 0.4) is 0 Å². The van der Waals surface area contributed by atoms with Crippen LogP contribution >= 0.6 is 11.6 Å². The van der Waals surface area contributed by atoms with Gasteiger partial charge in [-0.05, 0) is 36.8 Å². The number of hydrogen-bond acceptors (Lipinski definition) is 3. The van der Waals surface area contributed by atoms with Crippen molar-refractivity contribution < 1.29 is 13.2 Å². The van der Waals surface area contributed by atoms with Gasteiger partial charge in [-0.15, -0.1) is 0 Å². The minimum absolute atomic E-state index is 0.0467. The van der Waals surface area contributed by atoms with Crippen LogP contribution < -0.4 is 0 Å². The summed E-state index contributed by atoms with van der Waals surface area (Å²) < 4.78 is 25.6. The van der Waals surface area contributed by atoms with Crippen LogP contribution in [0.15, 0.2) is 59.5 Å². The van der Waals surface area contributed by atoms with Crippen LogP contribution in [0.5, 0.6) is 0 Å². The first kappa shape index (κ1) is 15.7. The predicted octanol–water partition coefficient (Wildman–Crippen LogP) is 3.83. The monoisotopic (exact) mass is 322 g/mol. The van der Waals surface area contributed by atoms with Gasteiger partial charge in [0.2, 0.25) is 0 Å². The highest BCUT2D eigenvalue weighted by atomic mass is 35.5. The molecule has 0 fully saturated rings. The molecule has 0 radical (unpaired) electrons. The van der Waals surface area contributed by atoms with Gasteiger partial charge < -0.3 is 0 Å². The highest BCUT2D eigenvalue weighted by molar-refractivity contribution is 7.91. The van der Waals surface area contributed by atoms with Crippen LogP contribution in [0.4, 0.5) is 0 Å². The topological polar surface area (TPSA) is 51.2 Å². The van der Waals surface area contributed by atoms with E-state index in [1.54, 1.807) is 24.3 Å². The van der Waals surface area contributed by atoms with Gasteiger partial charge in [0.15, 0.2) is 9.84 Å².